The summed E-state index contributed by atoms with van der Waals surface area (Å²) in [6.07, 6.45) is 0.660. The van der Waals surface area contributed by atoms with Gasteiger partial charge >= 0.3 is 0 Å². The van der Waals surface area contributed by atoms with Gasteiger partial charge in [0.2, 0.25) is 0 Å². The van der Waals surface area contributed by atoms with Crippen molar-refractivity contribution in [1.82, 2.24) is 0 Å². The van der Waals surface area contributed by atoms with Crippen molar-refractivity contribution >= 4 is 16.6 Å². The van der Waals surface area contributed by atoms with Crippen molar-refractivity contribution in [1.29, 1.82) is 5.26 Å². The van der Waals surface area contributed by atoms with Crippen molar-refractivity contribution in [3.05, 3.63) is 59.7 Å². The topological polar surface area (TPSA) is 78.2 Å². The number of hydrogen-bond acceptors (Lipinski definition) is 4. The first-order valence-corrected chi connectivity index (χ1v) is 12.0. The van der Waals surface area contributed by atoms with Crippen LogP contribution in [0.15, 0.2) is 58.3 Å². The fourth-order valence-corrected chi connectivity index (χ4v) is 6.14. The monoisotopic (exact) mass is 437 g/mol. The molecule has 0 saturated heterocycles. The average Bonchev–Trinajstić information content (AvgIpc) is 3.15. The van der Waals surface area contributed by atoms with Crippen LogP contribution in [0.25, 0.3) is 0 Å². The van der Waals surface area contributed by atoms with Crippen LogP contribution in [0.4, 0.5) is 0 Å². The second-order valence-corrected chi connectivity index (χ2v) is 10.7. The van der Waals surface area contributed by atoms with E-state index in [2.05, 4.69) is 6.07 Å². The van der Waals surface area contributed by atoms with Gasteiger partial charge in [0.15, 0.2) is 0 Å². The highest BCUT2D eigenvalue weighted by Gasteiger charge is 2.50. The molecule has 0 aromatic heterocycles. The average molecular weight is 438 g/mol. The summed E-state index contributed by atoms with van der Waals surface area (Å²) in [6.45, 7) is 7.84. The molecule has 2 aromatic rings. The molecule has 5 atom stereocenters. The predicted octanol–water partition coefficient (Wildman–Crippen LogP) is 4.95. The van der Waals surface area contributed by atoms with Gasteiger partial charge in [0.25, 0.3) is 0 Å². The first-order valence-electron chi connectivity index (χ1n) is 10.9. The molecule has 0 heterocycles. The van der Waals surface area contributed by atoms with Gasteiger partial charge in [-0.05, 0) is 62.3 Å². The summed E-state index contributed by atoms with van der Waals surface area (Å²) < 4.78 is 13.5. The van der Waals surface area contributed by atoms with E-state index in [4.69, 9.17) is 0 Å². The number of aryl methyl sites for hydroxylation is 1. The third-order valence-electron chi connectivity index (χ3n) is 6.49. The summed E-state index contributed by atoms with van der Waals surface area (Å²) in [5, 5.41) is 21.2. The van der Waals surface area contributed by atoms with Gasteiger partial charge in [-0.25, -0.2) is 4.21 Å². The number of nitriles is 1. The zero-order valence-electron chi connectivity index (χ0n) is 18.7. The number of carbonyl (C=O) groups excluding carboxylic acids is 1. The molecule has 2 aromatic carbocycles. The van der Waals surface area contributed by atoms with Crippen LogP contribution in [-0.4, -0.2) is 21.2 Å². The number of aliphatic hydroxyl groups excluding tert-OH is 1. The molecule has 1 N–H and O–H groups in total. The Morgan fingerprint density at radius 3 is 2.45 bits per heavy atom. The fourth-order valence-electron chi connectivity index (χ4n) is 4.82. The highest BCUT2D eigenvalue weighted by molar-refractivity contribution is 7.85. The molecule has 164 valence electrons. The van der Waals surface area contributed by atoms with Gasteiger partial charge in [0.1, 0.15) is 5.78 Å². The molecule has 1 aliphatic rings. The molecule has 0 aliphatic heterocycles. The van der Waals surface area contributed by atoms with Gasteiger partial charge in [-0.15, -0.1) is 0 Å². The van der Waals surface area contributed by atoms with E-state index in [-0.39, 0.29) is 17.6 Å². The highest BCUT2D eigenvalue weighted by atomic mass is 32.2. The van der Waals surface area contributed by atoms with Crippen LogP contribution < -0.4 is 0 Å². The molecule has 1 aliphatic carbocycles. The molecule has 1 saturated carbocycles. The van der Waals surface area contributed by atoms with Crippen molar-refractivity contribution in [2.75, 3.05) is 0 Å². The van der Waals surface area contributed by atoms with Crippen molar-refractivity contribution in [3.63, 3.8) is 0 Å². The molecule has 31 heavy (non-hydrogen) atoms. The van der Waals surface area contributed by atoms with Crippen LogP contribution in [-0.2, 0) is 21.0 Å². The molecule has 3 rings (SSSR count). The molecule has 0 spiro atoms. The van der Waals surface area contributed by atoms with Crippen LogP contribution in [0.2, 0.25) is 0 Å². The van der Waals surface area contributed by atoms with Crippen molar-refractivity contribution < 1.29 is 14.1 Å². The summed E-state index contributed by atoms with van der Waals surface area (Å²) in [6, 6.07) is 17.3. The first-order chi connectivity index (χ1) is 14.7. The summed E-state index contributed by atoms with van der Waals surface area (Å²) >= 11 is 0. The number of hydrogen-bond donors (Lipinski definition) is 1. The Hall–Kier alpha value is -2.29. The molecule has 0 bridgehead atoms. The molecule has 5 heteroatoms. The van der Waals surface area contributed by atoms with E-state index in [9.17, 15) is 19.4 Å². The van der Waals surface area contributed by atoms with Gasteiger partial charge in [-0.3, -0.25) is 4.79 Å². The maximum absolute atomic E-state index is 13.5. The fraction of sp³-hybridized carbons (Fsp3) is 0.462. The first kappa shape index (κ1) is 23.4. The SMILES string of the molecule is Cc1ccc([S@](=O)c2ccccc2[C@](C)(C#N)[C@H]2CCC(=O)[C@@H]2[C@H](O)CC(C)C)cc1. The highest BCUT2D eigenvalue weighted by Crippen LogP contribution is 2.47. The quantitative estimate of drug-likeness (QED) is 0.665. The summed E-state index contributed by atoms with van der Waals surface area (Å²) in [5.41, 5.74) is 0.728. The van der Waals surface area contributed by atoms with Crippen LogP contribution >= 0.6 is 0 Å². The maximum Gasteiger partial charge on any atom is 0.138 e. The van der Waals surface area contributed by atoms with Gasteiger partial charge in [-0.2, -0.15) is 5.26 Å². The van der Waals surface area contributed by atoms with E-state index in [0.29, 0.717) is 34.6 Å². The third kappa shape index (κ3) is 4.66. The van der Waals surface area contributed by atoms with Crippen molar-refractivity contribution in [2.24, 2.45) is 17.8 Å². The van der Waals surface area contributed by atoms with E-state index in [1.807, 2.05) is 70.2 Å². The van der Waals surface area contributed by atoms with Crippen LogP contribution in [0.5, 0.6) is 0 Å². The molecule has 1 fully saturated rings. The molecule has 4 nitrogen and oxygen atoms in total. The Morgan fingerprint density at radius 2 is 1.84 bits per heavy atom. The summed E-state index contributed by atoms with van der Waals surface area (Å²) in [7, 11) is -1.45. The van der Waals surface area contributed by atoms with Crippen LogP contribution in [0.1, 0.15) is 51.2 Å². The zero-order valence-corrected chi connectivity index (χ0v) is 19.5. The van der Waals surface area contributed by atoms with Crippen molar-refractivity contribution in [2.45, 2.75) is 68.3 Å². The van der Waals surface area contributed by atoms with E-state index in [1.165, 1.54) is 0 Å². The number of carbonyl (C=O) groups is 1. The Morgan fingerprint density at radius 1 is 1.19 bits per heavy atom. The third-order valence-corrected chi connectivity index (χ3v) is 7.95. The van der Waals surface area contributed by atoms with Gasteiger partial charge in [0, 0.05) is 22.1 Å². The van der Waals surface area contributed by atoms with E-state index in [1.54, 1.807) is 6.07 Å². The van der Waals surface area contributed by atoms with E-state index < -0.39 is 28.2 Å². The van der Waals surface area contributed by atoms with Crippen LogP contribution in [0, 0.1) is 36.0 Å². The molecule has 0 amide bonds. The molecule has 0 unspecified atom stereocenters. The van der Waals surface area contributed by atoms with E-state index >= 15 is 0 Å². The Kier molecular flexibility index (Phi) is 7.13. The zero-order chi connectivity index (χ0) is 22.8. The minimum Gasteiger partial charge on any atom is -0.392 e. The van der Waals surface area contributed by atoms with Gasteiger partial charge < -0.3 is 5.11 Å². The number of rotatable bonds is 7. The smallest absolute Gasteiger partial charge is 0.138 e. The van der Waals surface area contributed by atoms with E-state index in [0.717, 1.165) is 5.56 Å². The predicted molar refractivity (Wildman–Crippen MR) is 122 cm³/mol. The number of aliphatic hydroxyl groups is 1. The largest absolute Gasteiger partial charge is 0.392 e. The second-order valence-electron chi connectivity index (χ2n) is 9.23. The number of Topliss-reactive ketones (excluding diaryl/α,β-unsaturated/α-hetero) is 1. The molecular weight excluding hydrogens is 406 g/mol. The lowest BCUT2D eigenvalue weighted by Gasteiger charge is -2.36. The maximum atomic E-state index is 13.5. The number of nitrogens with zero attached hydrogens (tertiary/aromatic N) is 1. The van der Waals surface area contributed by atoms with Crippen LogP contribution in [0.3, 0.4) is 0 Å². The number of ketones is 1. The lowest BCUT2D eigenvalue weighted by atomic mass is 9.66. The second kappa shape index (κ2) is 9.46. The Labute approximate surface area is 187 Å². The molecule has 0 radical (unpaired) electrons. The van der Waals surface area contributed by atoms with Crippen molar-refractivity contribution in [3.8, 4) is 6.07 Å². The lowest BCUT2D eigenvalue weighted by molar-refractivity contribution is -0.125. The normalized spacial score (nSPS) is 22.7. The Bertz CT molecular complexity index is 1010. The van der Waals surface area contributed by atoms with Gasteiger partial charge in [0.05, 0.1) is 28.4 Å². The molecular formula is C26H31NO3S. The summed E-state index contributed by atoms with van der Waals surface area (Å²) in [5.74, 6) is -0.627. The minimum atomic E-state index is -1.45. The summed E-state index contributed by atoms with van der Waals surface area (Å²) in [4.78, 5) is 14.0. The number of benzene rings is 2. The Balaban J connectivity index is 2.05. The minimum absolute atomic E-state index is 0.0248. The van der Waals surface area contributed by atoms with Gasteiger partial charge in [-0.1, -0.05) is 49.7 Å². The standard InChI is InChI=1S/C26H31NO3S/c1-17(2)15-23(29)25-21(13-14-22(25)28)26(4,16-27)20-7-5-6-8-24(20)31(30)19-11-9-18(3)10-12-19/h5-12,17,21,23,25,29H,13-15H2,1-4H3/t21-,23+,25+,26-,31-/m0/s1. The lowest BCUT2D eigenvalue weighted by Crippen LogP contribution is -2.41.